The van der Waals surface area contributed by atoms with Crippen molar-refractivity contribution in [3.63, 3.8) is 0 Å². The molecule has 1 aromatic carbocycles. The minimum Gasteiger partial charge on any atom is -0.378 e. The van der Waals surface area contributed by atoms with Crippen LogP contribution in [0.2, 0.25) is 0 Å². The highest BCUT2D eigenvalue weighted by Gasteiger charge is 2.35. The zero-order valence-electron chi connectivity index (χ0n) is 11.9. The molecule has 2 bridgehead atoms. The van der Waals surface area contributed by atoms with Gasteiger partial charge in [-0.3, -0.25) is 4.79 Å². The standard InChI is InChI=1S/C17H21NO2/c1-11(2)12-3-5-13(6-4-12)17(19)14-7-15-9-20-10-16(8-14)18-15/h3-6,14-16,18H,1,7-10H2,2H3. The molecule has 2 heterocycles. The van der Waals surface area contributed by atoms with Crippen LogP contribution in [0.1, 0.15) is 35.7 Å². The van der Waals surface area contributed by atoms with Crippen LogP contribution in [0.5, 0.6) is 0 Å². The lowest BCUT2D eigenvalue weighted by molar-refractivity contribution is 0.00953. The summed E-state index contributed by atoms with van der Waals surface area (Å²) in [7, 11) is 0. The Hall–Kier alpha value is -1.45. The van der Waals surface area contributed by atoms with E-state index in [1.807, 2.05) is 31.2 Å². The number of carbonyl (C=O) groups is 1. The first-order valence-electron chi connectivity index (χ1n) is 7.27. The van der Waals surface area contributed by atoms with E-state index in [4.69, 9.17) is 4.74 Å². The number of nitrogens with one attached hydrogen (secondary N) is 1. The Morgan fingerprint density at radius 1 is 1.15 bits per heavy atom. The van der Waals surface area contributed by atoms with Gasteiger partial charge in [0.1, 0.15) is 0 Å². The number of hydrogen-bond acceptors (Lipinski definition) is 3. The summed E-state index contributed by atoms with van der Waals surface area (Å²) in [6.45, 7) is 7.36. The summed E-state index contributed by atoms with van der Waals surface area (Å²) in [5.74, 6) is 0.405. The summed E-state index contributed by atoms with van der Waals surface area (Å²) in [6.07, 6.45) is 1.77. The van der Waals surface area contributed by atoms with Gasteiger partial charge < -0.3 is 10.1 Å². The molecule has 0 radical (unpaired) electrons. The van der Waals surface area contributed by atoms with Gasteiger partial charge in [0.25, 0.3) is 0 Å². The van der Waals surface area contributed by atoms with Gasteiger partial charge in [-0.05, 0) is 25.3 Å². The number of piperidine rings is 1. The molecule has 3 nitrogen and oxygen atoms in total. The third-order valence-corrected chi connectivity index (χ3v) is 4.28. The number of hydrogen-bond donors (Lipinski definition) is 1. The van der Waals surface area contributed by atoms with Crippen LogP contribution in [0.4, 0.5) is 0 Å². The number of ether oxygens (including phenoxy) is 1. The Morgan fingerprint density at radius 3 is 2.25 bits per heavy atom. The van der Waals surface area contributed by atoms with Crippen LogP contribution in [-0.2, 0) is 4.74 Å². The summed E-state index contributed by atoms with van der Waals surface area (Å²) in [4.78, 5) is 12.6. The van der Waals surface area contributed by atoms with E-state index in [1.54, 1.807) is 0 Å². The molecule has 0 saturated carbocycles. The van der Waals surface area contributed by atoms with E-state index in [-0.39, 0.29) is 11.7 Å². The summed E-state index contributed by atoms with van der Waals surface area (Å²) >= 11 is 0. The SMILES string of the molecule is C=C(C)c1ccc(C(=O)C2CC3COCC(C2)N3)cc1. The van der Waals surface area contributed by atoms with Gasteiger partial charge in [0.15, 0.2) is 5.78 Å². The van der Waals surface area contributed by atoms with Gasteiger partial charge in [0, 0.05) is 23.6 Å². The number of benzene rings is 1. The lowest BCUT2D eigenvalue weighted by Crippen LogP contribution is -2.55. The first kappa shape index (κ1) is 13.5. The minimum absolute atomic E-state index is 0.130. The van der Waals surface area contributed by atoms with Crippen LogP contribution in [0.15, 0.2) is 30.8 Å². The molecule has 2 atom stereocenters. The molecule has 3 rings (SSSR count). The fourth-order valence-electron chi connectivity index (χ4n) is 3.21. The Morgan fingerprint density at radius 2 is 1.70 bits per heavy atom. The zero-order chi connectivity index (χ0) is 14.1. The highest BCUT2D eigenvalue weighted by Crippen LogP contribution is 2.27. The van der Waals surface area contributed by atoms with Crippen molar-refractivity contribution in [2.24, 2.45) is 5.92 Å². The largest absolute Gasteiger partial charge is 0.378 e. The van der Waals surface area contributed by atoms with E-state index in [1.165, 1.54) is 0 Å². The molecule has 1 aromatic rings. The summed E-state index contributed by atoms with van der Waals surface area (Å²) in [5, 5.41) is 3.52. The second-order valence-corrected chi connectivity index (χ2v) is 5.99. The van der Waals surface area contributed by atoms with Crippen molar-refractivity contribution in [2.45, 2.75) is 31.8 Å². The van der Waals surface area contributed by atoms with Crippen molar-refractivity contribution in [1.29, 1.82) is 0 Å². The van der Waals surface area contributed by atoms with Crippen molar-refractivity contribution >= 4 is 11.4 Å². The molecular weight excluding hydrogens is 250 g/mol. The molecule has 2 fully saturated rings. The van der Waals surface area contributed by atoms with E-state index in [0.717, 1.165) is 42.8 Å². The molecule has 2 unspecified atom stereocenters. The van der Waals surface area contributed by atoms with Crippen LogP contribution in [0.3, 0.4) is 0 Å². The first-order valence-corrected chi connectivity index (χ1v) is 7.27. The van der Waals surface area contributed by atoms with Crippen LogP contribution in [-0.4, -0.2) is 31.1 Å². The maximum Gasteiger partial charge on any atom is 0.166 e. The summed E-state index contributed by atoms with van der Waals surface area (Å²) in [5.41, 5.74) is 2.94. The maximum absolute atomic E-state index is 12.6. The molecule has 0 aromatic heterocycles. The highest BCUT2D eigenvalue weighted by atomic mass is 16.5. The molecule has 2 aliphatic heterocycles. The van der Waals surface area contributed by atoms with Gasteiger partial charge in [0.2, 0.25) is 0 Å². The second kappa shape index (κ2) is 5.51. The molecule has 106 valence electrons. The van der Waals surface area contributed by atoms with Gasteiger partial charge in [0.05, 0.1) is 13.2 Å². The third-order valence-electron chi connectivity index (χ3n) is 4.28. The van der Waals surface area contributed by atoms with E-state index in [2.05, 4.69) is 11.9 Å². The molecule has 0 amide bonds. The van der Waals surface area contributed by atoms with Gasteiger partial charge in [-0.2, -0.15) is 0 Å². The smallest absolute Gasteiger partial charge is 0.166 e. The van der Waals surface area contributed by atoms with Crippen LogP contribution >= 0.6 is 0 Å². The van der Waals surface area contributed by atoms with Crippen molar-refractivity contribution < 1.29 is 9.53 Å². The number of fused-ring (bicyclic) bond motifs is 2. The van der Waals surface area contributed by atoms with Crippen LogP contribution < -0.4 is 5.32 Å². The number of carbonyl (C=O) groups excluding carboxylic acids is 1. The molecule has 20 heavy (non-hydrogen) atoms. The number of morpholine rings is 1. The fourth-order valence-corrected chi connectivity index (χ4v) is 3.21. The molecule has 0 spiro atoms. The monoisotopic (exact) mass is 271 g/mol. The van der Waals surface area contributed by atoms with Crippen LogP contribution in [0.25, 0.3) is 5.57 Å². The third kappa shape index (κ3) is 2.69. The number of ketones is 1. The Kier molecular flexibility index (Phi) is 3.72. The average Bonchev–Trinajstić information content (AvgIpc) is 2.46. The van der Waals surface area contributed by atoms with Gasteiger partial charge in [-0.1, -0.05) is 36.4 Å². The van der Waals surface area contributed by atoms with Gasteiger partial charge >= 0.3 is 0 Å². The topological polar surface area (TPSA) is 38.3 Å². The fraction of sp³-hybridized carbons (Fsp3) is 0.471. The van der Waals surface area contributed by atoms with Crippen molar-refractivity contribution in [1.82, 2.24) is 5.32 Å². The molecule has 2 aliphatic rings. The Bertz CT molecular complexity index is 508. The zero-order valence-corrected chi connectivity index (χ0v) is 11.9. The van der Waals surface area contributed by atoms with E-state index >= 15 is 0 Å². The van der Waals surface area contributed by atoms with Gasteiger partial charge in [-0.15, -0.1) is 0 Å². The highest BCUT2D eigenvalue weighted by molar-refractivity contribution is 5.98. The number of allylic oxidation sites excluding steroid dienone is 1. The van der Waals surface area contributed by atoms with Crippen molar-refractivity contribution in [2.75, 3.05) is 13.2 Å². The van der Waals surface area contributed by atoms with Gasteiger partial charge in [-0.25, -0.2) is 0 Å². The van der Waals surface area contributed by atoms with E-state index in [9.17, 15) is 4.79 Å². The molecule has 0 aliphatic carbocycles. The maximum atomic E-state index is 12.6. The van der Waals surface area contributed by atoms with E-state index < -0.39 is 0 Å². The lowest BCUT2D eigenvalue weighted by atomic mass is 9.82. The second-order valence-electron chi connectivity index (χ2n) is 5.99. The minimum atomic E-state index is 0.130. The molecule has 2 saturated heterocycles. The number of Topliss-reactive ketones (excluding diaryl/α,β-unsaturated/α-hetero) is 1. The van der Waals surface area contributed by atoms with Crippen molar-refractivity contribution in [3.8, 4) is 0 Å². The van der Waals surface area contributed by atoms with E-state index in [0.29, 0.717) is 12.1 Å². The molecule has 1 N–H and O–H groups in total. The Labute approximate surface area is 120 Å². The predicted octanol–water partition coefficient (Wildman–Crippen LogP) is 2.67. The number of rotatable bonds is 3. The molecular formula is C17H21NO2. The van der Waals surface area contributed by atoms with Crippen LogP contribution in [0, 0.1) is 5.92 Å². The summed E-state index contributed by atoms with van der Waals surface area (Å²) < 4.78 is 5.53. The Balaban J connectivity index is 1.73. The predicted molar refractivity (Wildman–Crippen MR) is 79.7 cm³/mol. The normalized spacial score (nSPS) is 28.9. The first-order chi connectivity index (χ1) is 9.63. The summed E-state index contributed by atoms with van der Waals surface area (Å²) in [6, 6.07) is 8.51. The lowest BCUT2D eigenvalue weighted by Gasteiger charge is -2.39. The molecule has 3 heteroatoms. The van der Waals surface area contributed by atoms with Crippen molar-refractivity contribution in [3.05, 3.63) is 42.0 Å². The average molecular weight is 271 g/mol. The quantitative estimate of drug-likeness (QED) is 0.859.